The molecule has 3 heteroatoms. The van der Waals surface area contributed by atoms with Gasteiger partial charge in [0.15, 0.2) is 0 Å². The lowest BCUT2D eigenvalue weighted by molar-refractivity contribution is 0.662. The zero-order chi connectivity index (χ0) is 34.6. The number of aryl methyl sites for hydroxylation is 1. The number of para-hydroxylation sites is 1. The maximum Gasteiger partial charge on any atom is 0.248 e. The molecule has 1 aromatic heterocycles. The summed E-state index contributed by atoms with van der Waals surface area (Å²) >= 11 is 0. The number of aromatic nitrogens is 1. The lowest BCUT2D eigenvalue weighted by Crippen LogP contribution is -2.56. The minimum absolute atomic E-state index is 0.100. The summed E-state index contributed by atoms with van der Waals surface area (Å²) in [4.78, 5) is 2.57. The summed E-state index contributed by atoms with van der Waals surface area (Å²) in [5.74, 6) is 0. The molecule has 0 N–H and O–H groups in total. The molecule has 0 amide bonds. The fraction of sp³-hybridized carbons (Fsp3) is 0.167. The first-order valence-electron chi connectivity index (χ1n) is 18.4. The van der Waals surface area contributed by atoms with Crippen molar-refractivity contribution in [2.75, 3.05) is 4.90 Å². The van der Waals surface area contributed by atoms with Crippen molar-refractivity contribution in [3.8, 4) is 27.9 Å². The third-order valence-corrected chi connectivity index (χ3v) is 13.0. The molecule has 0 saturated heterocycles. The lowest BCUT2D eigenvalue weighted by atomic mass is 9.30. The van der Waals surface area contributed by atoms with E-state index in [2.05, 4.69) is 178 Å². The number of rotatable bonds is 2. The Kier molecular flexibility index (Phi) is 5.51. The van der Waals surface area contributed by atoms with Gasteiger partial charge in [-0.15, -0.1) is 0 Å². The second-order valence-electron chi connectivity index (χ2n) is 16.2. The molecule has 3 heterocycles. The molecule has 2 aliphatic heterocycles. The second-order valence-corrected chi connectivity index (χ2v) is 16.2. The van der Waals surface area contributed by atoms with E-state index >= 15 is 0 Å². The van der Waals surface area contributed by atoms with Crippen LogP contribution in [0.25, 0.3) is 44.5 Å². The number of nitrogens with zero attached hydrogens (tertiary/aromatic N) is 2. The smallest absolute Gasteiger partial charge is 0.248 e. The van der Waals surface area contributed by atoms with Crippen LogP contribution in [0.1, 0.15) is 61.2 Å². The summed E-state index contributed by atoms with van der Waals surface area (Å²) in [6, 6.07) is 48.2. The standard InChI is InChI=1S/C48H39BN2/c1-28-29(2)50-40-24-15-25-41-43(40)49(46-45(51(41)31-16-8-7-9-17-31)35-19-11-13-23-38(35)48(46,5)6)39-27-30(26-36(28)44(39)50)32-20-14-21-34-33-18-10-12-22-37(33)47(3,4)42(32)34/h7-27H,1-6H3. The third kappa shape index (κ3) is 3.45. The Morgan fingerprint density at radius 3 is 1.98 bits per heavy atom. The van der Waals surface area contributed by atoms with Gasteiger partial charge >= 0.3 is 0 Å². The van der Waals surface area contributed by atoms with Crippen LogP contribution in [0.5, 0.6) is 0 Å². The van der Waals surface area contributed by atoms with Crippen molar-refractivity contribution in [2.45, 2.75) is 52.4 Å². The molecule has 2 nitrogen and oxygen atoms in total. The van der Waals surface area contributed by atoms with Crippen molar-refractivity contribution in [3.05, 3.63) is 166 Å². The molecule has 6 aromatic carbocycles. The number of hydrogen-bond acceptors (Lipinski definition) is 1. The Hall–Kier alpha value is -5.54. The Labute approximate surface area is 300 Å². The number of benzene rings is 6. The molecule has 0 atom stereocenters. The highest BCUT2D eigenvalue weighted by atomic mass is 15.2. The van der Waals surface area contributed by atoms with Crippen LogP contribution in [0.2, 0.25) is 0 Å². The van der Waals surface area contributed by atoms with E-state index in [-0.39, 0.29) is 17.5 Å². The Bertz CT molecular complexity index is 2720. The van der Waals surface area contributed by atoms with Crippen molar-refractivity contribution < 1.29 is 0 Å². The SMILES string of the molecule is Cc1c(C)n2c3c(cc(-c4cccc5c4C(C)(C)c4ccccc4-5)cc13)B1C3=C(c4ccccc4C3(C)C)N(c3ccccc3)c3cccc-2c31. The van der Waals surface area contributed by atoms with Gasteiger partial charge in [-0.05, 0) is 99.6 Å². The number of fused-ring (bicyclic) bond motifs is 8. The maximum atomic E-state index is 2.58. The molecule has 7 aromatic rings. The van der Waals surface area contributed by atoms with Crippen molar-refractivity contribution in [2.24, 2.45) is 0 Å². The van der Waals surface area contributed by atoms with Gasteiger partial charge in [0.25, 0.3) is 0 Å². The van der Waals surface area contributed by atoms with E-state index in [0.717, 1.165) is 0 Å². The summed E-state index contributed by atoms with van der Waals surface area (Å²) in [6.45, 7) is 14.5. The van der Waals surface area contributed by atoms with Gasteiger partial charge in [0.2, 0.25) is 6.71 Å². The van der Waals surface area contributed by atoms with E-state index in [0.29, 0.717) is 0 Å². The van der Waals surface area contributed by atoms with Crippen LogP contribution < -0.4 is 15.8 Å². The van der Waals surface area contributed by atoms with Gasteiger partial charge in [-0.25, -0.2) is 0 Å². The topological polar surface area (TPSA) is 8.17 Å². The highest BCUT2D eigenvalue weighted by Crippen LogP contribution is 2.56. The Morgan fingerprint density at radius 1 is 0.569 bits per heavy atom. The average molecular weight is 655 g/mol. The van der Waals surface area contributed by atoms with E-state index in [1.807, 2.05) is 0 Å². The van der Waals surface area contributed by atoms with Crippen molar-refractivity contribution in [1.29, 1.82) is 0 Å². The van der Waals surface area contributed by atoms with Crippen LogP contribution in [-0.2, 0) is 10.8 Å². The van der Waals surface area contributed by atoms with Crippen molar-refractivity contribution >= 4 is 45.6 Å². The Morgan fingerprint density at radius 2 is 1.20 bits per heavy atom. The molecule has 244 valence electrons. The second kappa shape index (κ2) is 9.62. The molecule has 0 saturated carbocycles. The van der Waals surface area contributed by atoms with E-state index in [1.54, 1.807) is 0 Å². The van der Waals surface area contributed by atoms with Crippen LogP contribution in [0.4, 0.5) is 11.4 Å². The minimum Gasteiger partial charge on any atom is -0.315 e. The predicted molar refractivity (Wildman–Crippen MR) is 216 cm³/mol. The first kappa shape index (κ1) is 29.2. The summed E-state index contributed by atoms with van der Waals surface area (Å²) in [5, 5.41) is 1.36. The maximum absolute atomic E-state index is 2.58. The molecular weight excluding hydrogens is 615 g/mol. The first-order chi connectivity index (χ1) is 24.7. The Balaban J connectivity index is 1.27. The molecule has 2 aliphatic carbocycles. The largest absolute Gasteiger partial charge is 0.315 e. The molecule has 0 unspecified atom stereocenters. The van der Waals surface area contributed by atoms with Gasteiger partial charge < -0.3 is 9.47 Å². The minimum atomic E-state index is -0.173. The molecule has 0 spiro atoms. The van der Waals surface area contributed by atoms with Crippen LogP contribution >= 0.6 is 0 Å². The van der Waals surface area contributed by atoms with Gasteiger partial charge in [0.05, 0.1) is 0 Å². The number of allylic oxidation sites excluding steroid dienone is 1. The summed E-state index contributed by atoms with van der Waals surface area (Å²) < 4.78 is 2.58. The third-order valence-electron chi connectivity index (χ3n) is 13.0. The number of hydrogen-bond donors (Lipinski definition) is 0. The zero-order valence-corrected chi connectivity index (χ0v) is 30.1. The van der Waals surface area contributed by atoms with Gasteiger partial charge in [-0.1, -0.05) is 130 Å². The van der Waals surface area contributed by atoms with Gasteiger partial charge in [0, 0.05) is 55.7 Å². The van der Waals surface area contributed by atoms with E-state index in [4.69, 9.17) is 0 Å². The van der Waals surface area contributed by atoms with Crippen molar-refractivity contribution in [1.82, 2.24) is 4.57 Å². The molecular formula is C48H39BN2. The quantitative estimate of drug-likeness (QED) is 0.169. The summed E-state index contributed by atoms with van der Waals surface area (Å²) in [5.41, 5.74) is 24.3. The van der Waals surface area contributed by atoms with Gasteiger partial charge in [-0.2, -0.15) is 0 Å². The molecule has 51 heavy (non-hydrogen) atoms. The molecule has 0 radical (unpaired) electrons. The van der Waals surface area contributed by atoms with Gasteiger partial charge in [-0.3, -0.25) is 0 Å². The molecule has 4 aliphatic rings. The molecule has 11 rings (SSSR count). The van der Waals surface area contributed by atoms with Crippen molar-refractivity contribution in [3.63, 3.8) is 0 Å². The van der Waals surface area contributed by atoms with E-state index < -0.39 is 0 Å². The molecule has 0 fully saturated rings. The fourth-order valence-corrected chi connectivity index (χ4v) is 10.7. The normalized spacial score (nSPS) is 16.6. The van der Waals surface area contributed by atoms with Crippen LogP contribution in [0, 0.1) is 13.8 Å². The first-order valence-corrected chi connectivity index (χ1v) is 18.4. The summed E-state index contributed by atoms with van der Waals surface area (Å²) in [7, 11) is 0. The van der Waals surface area contributed by atoms with Crippen LogP contribution in [0.3, 0.4) is 0 Å². The molecule has 0 bridgehead atoms. The zero-order valence-electron chi connectivity index (χ0n) is 30.1. The monoisotopic (exact) mass is 654 g/mol. The van der Waals surface area contributed by atoms with Gasteiger partial charge in [0.1, 0.15) is 0 Å². The lowest BCUT2D eigenvalue weighted by Gasteiger charge is -2.42. The number of anilines is 2. The van der Waals surface area contributed by atoms with E-state index in [1.165, 1.54) is 106 Å². The highest BCUT2D eigenvalue weighted by Gasteiger charge is 2.52. The highest BCUT2D eigenvalue weighted by molar-refractivity contribution is 6.96. The fourth-order valence-electron chi connectivity index (χ4n) is 10.7. The summed E-state index contributed by atoms with van der Waals surface area (Å²) in [6.07, 6.45) is 0. The van der Waals surface area contributed by atoms with Crippen LogP contribution in [-0.4, -0.2) is 11.3 Å². The predicted octanol–water partition coefficient (Wildman–Crippen LogP) is 10.5. The average Bonchev–Trinajstić information content (AvgIpc) is 3.66. The van der Waals surface area contributed by atoms with Crippen LogP contribution in [0.15, 0.2) is 133 Å². The van der Waals surface area contributed by atoms with E-state index in [9.17, 15) is 0 Å².